The standard InChI is InChI=1S/C19H18ClN3O3/c1-25-17-7-6-12(8-18(17)26-2)11-21-19(24)16-10-15(22-23-16)13-4-3-5-14(20)9-13/h3-10H,11H2,1-2H3,(H,21,24)(H,22,23). The van der Waals surface area contributed by atoms with E-state index in [1.807, 2.05) is 24.3 Å². The quantitative estimate of drug-likeness (QED) is 0.693. The first-order valence-electron chi connectivity index (χ1n) is 7.91. The summed E-state index contributed by atoms with van der Waals surface area (Å²) in [4.78, 5) is 12.3. The molecule has 26 heavy (non-hydrogen) atoms. The van der Waals surface area contributed by atoms with Crippen molar-refractivity contribution in [1.29, 1.82) is 0 Å². The zero-order valence-electron chi connectivity index (χ0n) is 14.4. The SMILES string of the molecule is COc1ccc(CNC(=O)c2cc(-c3cccc(Cl)c3)n[nH]2)cc1OC. The third-order valence-electron chi connectivity index (χ3n) is 3.84. The van der Waals surface area contributed by atoms with E-state index in [0.717, 1.165) is 11.1 Å². The number of halogens is 1. The van der Waals surface area contributed by atoms with Gasteiger partial charge in [0.25, 0.3) is 5.91 Å². The van der Waals surface area contributed by atoms with Crippen LogP contribution in [-0.2, 0) is 6.54 Å². The Bertz CT molecular complexity index is 924. The number of hydrogen-bond acceptors (Lipinski definition) is 4. The Kier molecular flexibility index (Phi) is 5.43. The topological polar surface area (TPSA) is 76.2 Å². The second-order valence-electron chi connectivity index (χ2n) is 5.55. The van der Waals surface area contributed by atoms with Gasteiger partial charge in [0, 0.05) is 17.1 Å². The predicted octanol–water partition coefficient (Wildman–Crippen LogP) is 3.68. The van der Waals surface area contributed by atoms with Crippen LogP contribution in [-0.4, -0.2) is 30.3 Å². The lowest BCUT2D eigenvalue weighted by molar-refractivity contribution is 0.0946. The first-order valence-corrected chi connectivity index (χ1v) is 8.29. The van der Waals surface area contributed by atoms with Gasteiger partial charge < -0.3 is 14.8 Å². The molecule has 0 saturated heterocycles. The number of nitrogens with one attached hydrogen (secondary N) is 2. The molecule has 0 aliphatic heterocycles. The highest BCUT2D eigenvalue weighted by atomic mass is 35.5. The lowest BCUT2D eigenvalue weighted by Crippen LogP contribution is -2.23. The Morgan fingerprint density at radius 3 is 2.65 bits per heavy atom. The Labute approximate surface area is 156 Å². The first-order chi connectivity index (χ1) is 12.6. The second-order valence-corrected chi connectivity index (χ2v) is 5.99. The Morgan fingerprint density at radius 1 is 1.12 bits per heavy atom. The summed E-state index contributed by atoms with van der Waals surface area (Å²) in [5.41, 5.74) is 2.77. The maximum absolute atomic E-state index is 12.3. The summed E-state index contributed by atoms with van der Waals surface area (Å²) >= 11 is 5.99. The van der Waals surface area contributed by atoms with Crippen LogP contribution in [0.2, 0.25) is 5.02 Å². The number of methoxy groups -OCH3 is 2. The summed E-state index contributed by atoms with van der Waals surface area (Å²) in [5, 5.41) is 10.4. The van der Waals surface area contributed by atoms with Gasteiger partial charge in [-0.25, -0.2) is 0 Å². The molecule has 0 atom stereocenters. The van der Waals surface area contributed by atoms with E-state index in [2.05, 4.69) is 15.5 Å². The Hall–Kier alpha value is -2.99. The first kappa shape index (κ1) is 17.8. The largest absolute Gasteiger partial charge is 0.493 e. The fourth-order valence-electron chi connectivity index (χ4n) is 2.50. The summed E-state index contributed by atoms with van der Waals surface area (Å²) < 4.78 is 10.5. The van der Waals surface area contributed by atoms with E-state index in [0.29, 0.717) is 34.5 Å². The molecule has 0 spiro atoms. The monoisotopic (exact) mass is 371 g/mol. The summed E-state index contributed by atoms with van der Waals surface area (Å²) in [6.45, 7) is 0.352. The highest BCUT2D eigenvalue weighted by Crippen LogP contribution is 2.27. The average molecular weight is 372 g/mol. The number of carbonyl (C=O) groups excluding carboxylic acids is 1. The van der Waals surface area contributed by atoms with Crippen LogP contribution in [0.1, 0.15) is 16.1 Å². The summed E-state index contributed by atoms with van der Waals surface area (Å²) in [6.07, 6.45) is 0. The number of aromatic nitrogens is 2. The molecule has 1 aromatic heterocycles. The van der Waals surface area contributed by atoms with Crippen molar-refractivity contribution in [3.05, 3.63) is 64.8 Å². The number of aromatic amines is 1. The smallest absolute Gasteiger partial charge is 0.269 e. The van der Waals surface area contributed by atoms with E-state index in [1.54, 1.807) is 38.5 Å². The van der Waals surface area contributed by atoms with Gasteiger partial charge in [-0.2, -0.15) is 5.10 Å². The molecule has 0 fully saturated rings. The number of carbonyl (C=O) groups is 1. The van der Waals surface area contributed by atoms with Crippen LogP contribution in [0.25, 0.3) is 11.3 Å². The van der Waals surface area contributed by atoms with E-state index in [4.69, 9.17) is 21.1 Å². The maximum atomic E-state index is 12.3. The summed E-state index contributed by atoms with van der Waals surface area (Å²) in [7, 11) is 3.15. The van der Waals surface area contributed by atoms with Gasteiger partial charge in [0.15, 0.2) is 11.5 Å². The number of benzene rings is 2. The molecular formula is C19H18ClN3O3. The molecule has 3 rings (SSSR count). The average Bonchev–Trinajstić information content (AvgIpc) is 3.16. The predicted molar refractivity (Wildman–Crippen MR) is 99.7 cm³/mol. The molecule has 0 aliphatic carbocycles. The third-order valence-corrected chi connectivity index (χ3v) is 4.08. The van der Waals surface area contributed by atoms with Crippen LogP contribution in [0, 0.1) is 0 Å². The maximum Gasteiger partial charge on any atom is 0.269 e. The molecule has 0 saturated carbocycles. The molecular weight excluding hydrogens is 354 g/mol. The van der Waals surface area contributed by atoms with E-state index >= 15 is 0 Å². The number of nitrogens with zero attached hydrogens (tertiary/aromatic N) is 1. The number of rotatable bonds is 6. The van der Waals surface area contributed by atoms with E-state index in [-0.39, 0.29) is 5.91 Å². The number of hydrogen-bond donors (Lipinski definition) is 2. The molecule has 0 aliphatic rings. The van der Waals surface area contributed by atoms with Crippen molar-refractivity contribution in [1.82, 2.24) is 15.5 Å². The molecule has 1 heterocycles. The lowest BCUT2D eigenvalue weighted by Gasteiger charge is -2.10. The second kappa shape index (κ2) is 7.93. The molecule has 1 amide bonds. The van der Waals surface area contributed by atoms with Gasteiger partial charge in [-0.3, -0.25) is 9.89 Å². The van der Waals surface area contributed by atoms with Crippen LogP contribution in [0.3, 0.4) is 0 Å². The zero-order valence-corrected chi connectivity index (χ0v) is 15.1. The van der Waals surface area contributed by atoms with E-state index in [9.17, 15) is 4.79 Å². The molecule has 6 nitrogen and oxygen atoms in total. The molecule has 134 valence electrons. The number of ether oxygens (including phenoxy) is 2. The summed E-state index contributed by atoms with van der Waals surface area (Å²) in [6, 6.07) is 14.5. The van der Waals surface area contributed by atoms with Crippen LogP contribution in [0.4, 0.5) is 0 Å². The van der Waals surface area contributed by atoms with Crippen molar-refractivity contribution in [3.63, 3.8) is 0 Å². The van der Waals surface area contributed by atoms with Crippen molar-refractivity contribution < 1.29 is 14.3 Å². The van der Waals surface area contributed by atoms with Gasteiger partial charge in [0.1, 0.15) is 5.69 Å². The minimum atomic E-state index is -0.249. The van der Waals surface area contributed by atoms with Crippen LogP contribution in [0.15, 0.2) is 48.5 Å². The molecule has 2 N–H and O–H groups in total. The normalized spacial score (nSPS) is 10.4. The Balaban J connectivity index is 1.67. The van der Waals surface area contributed by atoms with Gasteiger partial charge in [0.05, 0.1) is 19.9 Å². The van der Waals surface area contributed by atoms with Crippen LogP contribution < -0.4 is 14.8 Å². The van der Waals surface area contributed by atoms with Crippen molar-refractivity contribution >= 4 is 17.5 Å². The molecule has 0 unspecified atom stereocenters. The van der Waals surface area contributed by atoms with E-state index in [1.165, 1.54) is 0 Å². The minimum absolute atomic E-state index is 0.249. The highest BCUT2D eigenvalue weighted by molar-refractivity contribution is 6.30. The van der Waals surface area contributed by atoms with Crippen molar-refractivity contribution in [2.24, 2.45) is 0 Å². The lowest BCUT2D eigenvalue weighted by atomic mass is 10.1. The van der Waals surface area contributed by atoms with E-state index < -0.39 is 0 Å². The molecule has 0 bridgehead atoms. The van der Waals surface area contributed by atoms with Crippen molar-refractivity contribution in [3.8, 4) is 22.8 Å². The fraction of sp³-hybridized carbons (Fsp3) is 0.158. The van der Waals surface area contributed by atoms with Gasteiger partial charge in [-0.1, -0.05) is 29.8 Å². The van der Waals surface area contributed by atoms with Crippen molar-refractivity contribution in [2.75, 3.05) is 14.2 Å². The molecule has 3 aromatic rings. The van der Waals surface area contributed by atoms with Crippen LogP contribution >= 0.6 is 11.6 Å². The zero-order chi connectivity index (χ0) is 18.5. The van der Waals surface area contributed by atoms with Gasteiger partial charge in [-0.05, 0) is 35.9 Å². The van der Waals surface area contributed by atoms with Crippen LogP contribution in [0.5, 0.6) is 11.5 Å². The molecule has 2 aromatic carbocycles. The van der Waals surface area contributed by atoms with Gasteiger partial charge >= 0.3 is 0 Å². The molecule has 0 radical (unpaired) electrons. The van der Waals surface area contributed by atoms with Gasteiger partial charge in [0.2, 0.25) is 0 Å². The number of amides is 1. The summed E-state index contributed by atoms with van der Waals surface area (Å²) in [5.74, 6) is 1.01. The highest BCUT2D eigenvalue weighted by Gasteiger charge is 2.12. The fourth-order valence-corrected chi connectivity index (χ4v) is 2.69. The molecule has 7 heteroatoms. The Morgan fingerprint density at radius 2 is 1.92 bits per heavy atom. The minimum Gasteiger partial charge on any atom is -0.493 e. The van der Waals surface area contributed by atoms with Gasteiger partial charge in [-0.15, -0.1) is 0 Å². The third kappa shape index (κ3) is 3.97. The van der Waals surface area contributed by atoms with Crippen molar-refractivity contribution in [2.45, 2.75) is 6.54 Å². The number of H-pyrrole nitrogens is 1.